The highest BCUT2D eigenvalue weighted by Crippen LogP contribution is 2.37. The molecule has 0 nitrogen and oxygen atoms in total. The van der Waals surface area contributed by atoms with Crippen molar-refractivity contribution in [2.75, 3.05) is 0 Å². The van der Waals surface area contributed by atoms with E-state index in [1.165, 1.54) is 73.4 Å². The maximum absolute atomic E-state index is 2.42. The first kappa shape index (κ1) is 31.6. The number of benzene rings is 5. The minimum atomic E-state index is 1.07. The molecule has 0 unspecified atom stereocenters. The molecule has 0 saturated heterocycles. The summed E-state index contributed by atoms with van der Waals surface area (Å²) in [6, 6.07) is 37.5. The van der Waals surface area contributed by atoms with Crippen molar-refractivity contribution in [3.8, 4) is 11.1 Å². The van der Waals surface area contributed by atoms with Gasteiger partial charge in [0.25, 0.3) is 0 Å². The number of allylic oxidation sites excluding steroid dienone is 4. The zero-order chi connectivity index (χ0) is 29.6. The molecular weight excluding hydrogens is 492 g/mol. The summed E-state index contributed by atoms with van der Waals surface area (Å²) in [5.74, 6) is 0. The summed E-state index contributed by atoms with van der Waals surface area (Å²) in [5, 5.41) is 5.24. The van der Waals surface area contributed by atoms with E-state index >= 15 is 0 Å². The number of fused-ring (bicyclic) bond motifs is 2. The maximum Gasteiger partial charge on any atom is -0.0105 e. The first-order valence-corrected chi connectivity index (χ1v) is 15.7. The SMILES string of the molecule is CC.CC.CCCC.Cc1ccc(-c2cccc3ccccc23)cc1C1=CCCC(c2cccc3ccccc23)=C1. The van der Waals surface area contributed by atoms with Crippen molar-refractivity contribution in [1.29, 1.82) is 0 Å². The van der Waals surface area contributed by atoms with Crippen molar-refractivity contribution in [1.82, 2.24) is 0 Å². The molecule has 6 rings (SSSR count). The van der Waals surface area contributed by atoms with E-state index in [1.54, 1.807) is 0 Å². The van der Waals surface area contributed by atoms with Crippen LogP contribution in [0, 0.1) is 6.92 Å². The van der Waals surface area contributed by atoms with Crippen LogP contribution in [0.4, 0.5) is 0 Å². The Kier molecular flexibility index (Phi) is 12.6. The average Bonchev–Trinajstić information content (AvgIpc) is 3.06. The second-order valence-corrected chi connectivity index (χ2v) is 9.95. The molecule has 0 bridgehead atoms. The summed E-state index contributed by atoms with van der Waals surface area (Å²) in [6.07, 6.45) is 9.62. The topological polar surface area (TPSA) is 0 Å². The highest BCUT2D eigenvalue weighted by molar-refractivity contribution is 5.99. The maximum atomic E-state index is 2.42. The van der Waals surface area contributed by atoms with Crippen LogP contribution in [0.2, 0.25) is 0 Å². The molecule has 0 aliphatic heterocycles. The molecule has 212 valence electrons. The molecule has 0 saturated carbocycles. The summed E-state index contributed by atoms with van der Waals surface area (Å²) in [4.78, 5) is 0. The molecule has 1 aliphatic rings. The monoisotopic (exact) mass is 540 g/mol. The van der Waals surface area contributed by atoms with E-state index in [1.807, 2.05) is 27.7 Å². The van der Waals surface area contributed by atoms with E-state index in [-0.39, 0.29) is 0 Å². The van der Waals surface area contributed by atoms with Crippen molar-refractivity contribution in [3.05, 3.63) is 132 Å². The van der Waals surface area contributed by atoms with Gasteiger partial charge in [-0.25, -0.2) is 0 Å². The lowest BCUT2D eigenvalue weighted by atomic mass is 9.86. The third-order valence-electron chi connectivity index (χ3n) is 7.39. The first-order chi connectivity index (χ1) is 20.2. The van der Waals surface area contributed by atoms with Crippen molar-refractivity contribution in [2.24, 2.45) is 0 Å². The highest BCUT2D eigenvalue weighted by Gasteiger charge is 2.14. The zero-order valence-electron chi connectivity index (χ0n) is 26.3. The molecule has 41 heavy (non-hydrogen) atoms. The Labute approximate surface area is 249 Å². The van der Waals surface area contributed by atoms with Gasteiger partial charge < -0.3 is 0 Å². The Morgan fingerprint density at radius 3 is 1.71 bits per heavy atom. The van der Waals surface area contributed by atoms with E-state index in [0.29, 0.717) is 0 Å². The number of unbranched alkanes of at least 4 members (excludes halogenated alkanes) is 1. The number of aryl methyl sites for hydroxylation is 1. The fourth-order valence-corrected chi connectivity index (χ4v) is 5.19. The van der Waals surface area contributed by atoms with Gasteiger partial charge in [-0.1, -0.05) is 164 Å². The van der Waals surface area contributed by atoms with Crippen LogP contribution < -0.4 is 0 Å². The molecule has 0 atom stereocenters. The number of rotatable bonds is 4. The Morgan fingerprint density at radius 1 is 0.561 bits per heavy atom. The second kappa shape index (κ2) is 16.4. The Bertz CT molecular complexity index is 1580. The molecule has 0 spiro atoms. The smallest absolute Gasteiger partial charge is 0.0105 e. The average molecular weight is 541 g/mol. The molecule has 0 amide bonds. The lowest BCUT2D eigenvalue weighted by Crippen LogP contribution is -1.96. The molecule has 5 aromatic rings. The second-order valence-electron chi connectivity index (χ2n) is 9.95. The van der Waals surface area contributed by atoms with Gasteiger partial charge in [0.1, 0.15) is 0 Å². The molecule has 0 heterocycles. The van der Waals surface area contributed by atoms with Gasteiger partial charge in [-0.05, 0) is 86.3 Å². The molecule has 1 aliphatic carbocycles. The molecule has 0 N–H and O–H groups in total. The van der Waals surface area contributed by atoms with Crippen LogP contribution in [-0.4, -0.2) is 0 Å². The molecule has 0 aromatic heterocycles. The van der Waals surface area contributed by atoms with E-state index in [9.17, 15) is 0 Å². The Morgan fingerprint density at radius 2 is 1.10 bits per heavy atom. The van der Waals surface area contributed by atoms with Crippen LogP contribution in [0.15, 0.2) is 115 Å². The normalized spacial score (nSPS) is 12.1. The highest BCUT2D eigenvalue weighted by atomic mass is 14.2. The number of hydrogen-bond acceptors (Lipinski definition) is 0. The van der Waals surface area contributed by atoms with Crippen LogP contribution in [0.5, 0.6) is 0 Å². The summed E-state index contributed by atoms with van der Waals surface area (Å²) >= 11 is 0. The summed E-state index contributed by atoms with van der Waals surface area (Å²) in [5.41, 5.74) is 9.35. The van der Waals surface area contributed by atoms with Gasteiger partial charge in [0, 0.05) is 0 Å². The lowest BCUT2D eigenvalue weighted by molar-refractivity contribution is 0.886. The van der Waals surface area contributed by atoms with Gasteiger partial charge in [-0.15, -0.1) is 0 Å². The fourth-order valence-electron chi connectivity index (χ4n) is 5.19. The predicted octanol–water partition coefficient (Wildman–Crippen LogP) is 13.1. The van der Waals surface area contributed by atoms with Crippen molar-refractivity contribution in [2.45, 2.75) is 74.1 Å². The summed E-state index contributed by atoms with van der Waals surface area (Å²) in [6.45, 7) is 14.6. The standard InChI is InChI=1S/C33H26.C4H10.2C2H6/c1-23-19-20-28(32-18-8-12-25-10-3-5-16-30(25)32)22-33(23)27-14-6-13-26(21-27)31-17-7-11-24-9-2-4-15-29(24)31;1-3-4-2;2*1-2/h2-5,7-12,14-22H,6,13H2,1H3;3-4H2,1-2H3;2*1-2H3. The van der Waals surface area contributed by atoms with Crippen LogP contribution in [0.3, 0.4) is 0 Å². The number of hydrogen-bond donors (Lipinski definition) is 0. The molecule has 5 aromatic carbocycles. The molecule has 0 heteroatoms. The van der Waals surface area contributed by atoms with Crippen LogP contribution >= 0.6 is 0 Å². The third kappa shape index (κ3) is 7.65. The van der Waals surface area contributed by atoms with E-state index in [2.05, 4.69) is 136 Å². The quantitative estimate of drug-likeness (QED) is 0.213. The largest absolute Gasteiger partial charge is 0.0763 e. The third-order valence-corrected chi connectivity index (χ3v) is 7.39. The van der Waals surface area contributed by atoms with Gasteiger partial charge in [-0.3, -0.25) is 0 Å². The summed E-state index contributed by atoms with van der Waals surface area (Å²) < 4.78 is 0. The zero-order valence-corrected chi connectivity index (χ0v) is 26.3. The molecule has 0 fully saturated rings. The Balaban J connectivity index is 0.000000525. The van der Waals surface area contributed by atoms with Crippen molar-refractivity contribution in [3.63, 3.8) is 0 Å². The molecular formula is C41H48. The summed E-state index contributed by atoms with van der Waals surface area (Å²) in [7, 11) is 0. The van der Waals surface area contributed by atoms with E-state index < -0.39 is 0 Å². The minimum Gasteiger partial charge on any atom is -0.0763 e. The molecule has 0 radical (unpaired) electrons. The van der Waals surface area contributed by atoms with Crippen LogP contribution in [-0.2, 0) is 0 Å². The lowest BCUT2D eigenvalue weighted by Gasteiger charge is -2.18. The predicted molar refractivity (Wildman–Crippen MR) is 187 cm³/mol. The van der Waals surface area contributed by atoms with E-state index in [4.69, 9.17) is 0 Å². The fraction of sp³-hybridized carbons (Fsp3) is 0.268. The van der Waals surface area contributed by atoms with Crippen LogP contribution in [0.1, 0.15) is 83.9 Å². The van der Waals surface area contributed by atoms with Gasteiger partial charge in [0.15, 0.2) is 0 Å². The van der Waals surface area contributed by atoms with Crippen LogP contribution in [0.25, 0.3) is 43.8 Å². The van der Waals surface area contributed by atoms with Crippen molar-refractivity contribution >= 4 is 32.7 Å². The first-order valence-electron chi connectivity index (χ1n) is 15.7. The Hall–Kier alpha value is -3.90. The van der Waals surface area contributed by atoms with Gasteiger partial charge in [-0.2, -0.15) is 0 Å². The van der Waals surface area contributed by atoms with Crippen molar-refractivity contribution < 1.29 is 0 Å². The van der Waals surface area contributed by atoms with E-state index in [0.717, 1.165) is 12.8 Å². The van der Waals surface area contributed by atoms with Gasteiger partial charge in [0.2, 0.25) is 0 Å². The van der Waals surface area contributed by atoms with Gasteiger partial charge in [0.05, 0.1) is 0 Å². The van der Waals surface area contributed by atoms with Gasteiger partial charge >= 0.3 is 0 Å². The minimum absolute atomic E-state index is 1.07.